The highest BCUT2D eigenvalue weighted by Crippen LogP contribution is 2.37. The molecule has 28 heavy (non-hydrogen) atoms. The Morgan fingerprint density at radius 1 is 1.00 bits per heavy atom. The molecule has 2 rings (SSSR count). The molecule has 0 aliphatic rings. The van der Waals surface area contributed by atoms with Crippen LogP contribution in [0.15, 0.2) is 34.8 Å². The van der Waals surface area contributed by atoms with E-state index in [1.165, 1.54) is 0 Å². The van der Waals surface area contributed by atoms with E-state index in [4.69, 9.17) is 37.8 Å². The van der Waals surface area contributed by atoms with Gasteiger partial charge in [0, 0.05) is 38.7 Å². The minimum Gasteiger partial charge on any atom is -0.493 e. The molecule has 0 saturated carbocycles. The summed E-state index contributed by atoms with van der Waals surface area (Å²) in [6.45, 7) is 3.30. The van der Waals surface area contributed by atoms with Gasteiger partial charge in [-0.15, -0.1) is 0 Å². The van der Waals surface area contributed by atoms with Crippen LogP contribution in [0.1, 0.15) is 17.5 Å². The highest BCUT2D eigenvalue weighted by Gasteiger charge is 2.16. The molecule has 0 aliphatic heterocycles. The number of aliphatic hydroxyl groups is 1. The topological polar surface area (TPSA) is 62.8 Å². The molecule has 0 bridgehead atoms. The van der Waals surface area contributed by atoms with E-state index in [0.29, 0.717) is 34.6 Å². The second-order valence-electron chi connectivity index (χ2n) is 6.05. The summed E-state index contributed by atoms with van der Waals surface area (Å²) in [7, 11) is 1.61. The van der Waals surface area contributed by atoms with Gasteiger partial charge >= 0.3 is 0 Å². The number of nitrogens with one attached hydrogen (secondary N) is 2. The molecular formula is C20H25BrCl2N2O3. The van der Waals surface area contributed by atoms with Gasteiger partial charge in [0.15, 0.2) is 11.5 Å². The Morgan fingerprint density at radius 3 is 2.39 bits per heavy atom. The maximum absolute atomic E-state index is 8.77. The molecule has 0 aromatic heterocycles. The lowest BCUT2D eigenvalue weighted by Gasteiger charge is -2.18. The molecule has 8 heteroatoms. The van der Waals surface area contributed by atoms with Crippen molar-refractivity contribution >= 4 is 39.1 Å². The van der Waals surface area contributed by atoms with Gasteiger partial charge in [0.2, 0.25) is 0 Å². The number of halogens is 3. The van der Waals surface area contributed by atoms with E-state index in [-0.39, 0.29) is 13.2 Å². The summed E-state index contributed by atoms with van der Waals surface area (Å²) in [5.74, 6) is 1.30. The van der Waals surface area contributed by atoms with Crippen LogP contribution in [-0.2, 0) is 13.2 Å². The number of benzene rings is 2. The summed E-state index contributed by atoms with van der Waals surface area (Å²) in [6, 6.07) is 9.18. The number of rotatable bonds is 12. The van der Waals surface area contributed by atoms with Crippen LogP contribution in [0, 0.1) is 0 Å². The van der Waals surface area contributed by atoms with E-state index < -0.39 is 0 Å². The van der Waals surface area contributed by atoms with Gasteiger partial charge in [-0.05, 0) is 43.8 Å². The monoisotopic (exact) mass is 490 g/mol. The van der Waals surface area contributed by atoms with Crippen molar-refractivity contribution in [2.24, 2.45) is 0 Å². The molecule has 0 heterocycles. The number of methoxy groups -OCH3 is 1. The first-order chi connectivity index (χ1) is 13.6. The molecule has 154 valence electrons. The van der Waals surface area contributed by atoms with Crippen LogP contribution >= 0.6 is 39.1 Å². The number of ether oxygens (including phenoxy) is 2. The summed E-state index contributed by atoms with van der Waals surface area (Å²) in [5, 5.41) is 16.5. The van der Waals surface area contributed by atoms with E-state index in [0.717, 1.165) is 35.1 Å². The van der Waals surface area contributed by atoms with Crippen LogP contribution in [0.3, 0.4) is 0 Å². The quantitative estimate of drug-likeness (QED) is 0.384. The molecule has 0 atom stereocenters. The molecular weight excluding hydrogens is 467 g/mol. The largest absolute Gasteiger partial charge is 0.493 e. The van der Waals surface area contributed by atoms with Gasteiger partial charge in [-0.25, -0.2) is 0 Å². The molecule has 0 aliphatic carbocycles. The number of hydrogen-bond acceptors (Lipinski definition) is 5. The van der Waals surface area contributed by atoms with Crippen molar-refractivity contribution in [2.45, 2.75) is 19.6 Å². The molecule has 2 aromatic carbocycles. The fraction of sp³-hybridized carbons (Fsp3) is 0.400. The van der Waals surface area contributed by atoms with Gasteiger partial charge < -0.3 is 25.2 Å². The maximum Gasteiger partial charge on any atom is 0.167 e. The molecule has 0 radical (unpaired) electrons. The predicted molar refractivity (Wildman–Crippen MR) is 118 cm³/mol. The molecule has 3 N–H and O–H groups in total. The Labute approximate surface area is 184 Å². The number of hydrogen-bond donors (Lipinski definition) is 3. The van der Waals surface area contributed by atoms with Gasteiger partial charge in [-0.2, -0.15) is 0 Å². The summed E-state index contributed by atoms with van der Waals surface area (Å²) in [6.07, 6.45) is 0.951. The molecule has 5 nitrogen and oxygen atoms in total. The lowest BCUT2D eigenvalue weighted by atomic mass is 10.1. The van der Waals surface area contributed by atoms with Crippen molar-refractivity contribution in [1.29, 1.82) is 0 Å². The van der Waals surface area contributed by atoms with Crippen molar-refractivity contribution < 1.29 is 14.6 Å². The first kappa shape index (κ1) is 23.3. The first-order valence-corrected chi connectivity index (χ1v) is 10.6. The zero-order valence-electron chi connectivity index (χ0n) is 15.7. The molecule has 0 saturated heterocycles. The highest BCUT2D eigenvalue weighted by atomic mass is 79.9. The minimum atomic E-state index is 0.153. The van der Waals surface area contributed by atoms with Gasteiger partial charge in [0.25, 0.3) is 0 Å². The standard InChI is InChI=1S/C20H25BrCl2N2O3/c1-27-19-7-6-16(21)14(12-25-9-3-8-24-10-11-26)20(19)28-13-15-17(22)4-2-5-18(15)23/h2,4-7,24-26H,3,8-13H2,1H3. The fourth-order valence-electron chi connectivity index (χ4n) is 2.64. The van der Waals surface area contributed by atoms with Crippen molar-refractivity contribution in [3.05, 3.63) is 56.0 Å². The second kappa shape index (κ2) is 12.5. The molecule has 0 fully saturated rings. The van der Waals surface area contributed by atoms with Gasteiger partial charge in [-0.1, -0.05) is 45.2 Å². The summed E-state index contributed by atoms with van der Waals surface area (Å²) < 4.78 is 12.5. The third kappa shape index (κ3) is 6.79. The normalized spacial score (nSPS) is 10.9. The maximum atomic E-state index is 8.77. The van der Waals surface area contributed by atoms with E-state index in [9.17, 15) is 0 Å². The van der Waals surface area contributed by atoms with E-state index in [1.54, 1.807) is 25.3 Å². The third-order valence-electron chi connectivity index (χ3n) is 4.11. The Balaban J connectivity index is 2.06. The molecule has 0 amide bonds. The van der Waals surface area contributed by atoms with Gasteiger partial charge in [0.05, 0.1) is 13.7 Å². The molecule has 2 aromatic rings. The van der Waals surface area contributed by atoms with Crippen LogP contribution in [0.5, 0.6) is 11.5 Å². The van der Waals surface area contributed by atoms with E-state index in [2.05, 4.69) is 26.6 Å². The smallest absolute Gasteiger partial charge is 0.167 e. The average molecular weight is 492 g/mol. The van der Waals surface area contributed by atoms with Crippen molar-refractivity contribution in [2.75, 3.05) is 33.4 Å². The first-order valence-electron chi connectivity index (χ1n) is 9.01. The molecule has 0 spiro atoms. The van der Waals surface area contributed by atoms with Crippen LogP contribution < -0.4 is 20.1 Å². The van der Waals surface area contributed by atoms with E-state index >= 15 is 0 Å². The predicted octanol–water partition coefficient (Wildman–Crippen LogP) is 4.41. The summed E-state index contributed by atoms with van der Waals surface area (Å²) >= 11 is 16.1. The average Bonchev–Trinajstić information content (AvgIpc) is 2.68. The van der Waals surface area contributed by atoms with Gasteiger partial charge in [0.1, 0.15) is 6.61 Å². The molecule has 0 unspecified atom stereocenters. The lowest BCUT2D eigenvalue weighted by molar-refractivity contribution is 0.280. The van der Waals surface area contributed by atoms with Crippen molar-refractivity contribution in [1.82, 2.24) is 10.6 Å². The van der Waals surface area contributed by atoms with Crippen LogP contribution in [-0.4, -0.2) is 38.5 Å². The zero-order valence-corrected chi connectivity index (χ0v) is 18.8. The van der Waals surface area contributed by atoms with Crippen LogP contribution in [0.2, 0.25) is 10.0 Å². The highest BCUT2D eigenvalue weighted by molar-refractivity contribution is 9.10. The van der Waals surface area contributed by atoms with Crippen LogP contribution in [0.25, 0.3) is 0 Å². The SMILES string of the molecule is COc1ccc(Br)c(CNCCCNCCO)c1OCc1c(Cl)cccc1Cl. The Bertz CT molecular complexity index is 742. The van der Waals surface area contributed by atoms with Crippen LogP contribution in [0.4, 0.5) is 0 Å². The lowest BCUT2D eigenvalue weighted by Crippen LogP contribution is -2.24. The van der Waals surface area contributed by atoms with Crippen molar-refractivity contribution in [3.8, 4) is 11.5 Å². The second-order valence-corrected chi connectivity index (χ2v) is 7.72. The minimum absolute atomic E-state index is 0.153. The fourth-order valence-corrected chi connectivity index (χ4v) is 3.60. The zero-order chi connectivity index (χ0) is 20.4. The Kier molecular flexibility index (Phi) is 10.4. The summed E-state index contributed by atoms with van der Waals surface area (Å²) in [4.78, 5) is 0. The Morgan fingerprint density at radius 2 is 1.71 bits per heavy atom. The summed E-state index contributed by atoms with van der Waals surface area (Å²) in [5.41, 5.74) is 1.70. The van der Waals surface area contributed by atoms with Crippen molar-refractivity contribution in [3.63, 3.8) is 0 Å². The van der Waals surface area contributed by atoms with E-state index in [1.807, 2.05) is 12.1 Å². The number of aliphatic hydroxyl groups excluding tert-OH is 1. The third-order valence-corrected chi connectivity index (χ3v) is 5.56. The van der Waals surface area contributed by atoms with Gasteiger partial charge in [-0.3, -0.25) is 0 Å². The Hall–Kier alpha value is -1.02.